The predicted molar refractivity (Wildman–Crippen MR) is 112 cm³/mol. The summed E-state index contributed by atoms with van der Waals surface area (Å²) in [4.78, 5) is 13.4. The Morgan fingerprint density at radius 3 is 2.63 bits per heavy atom. The summed E-state index contributed by atoms with van der Waals surface area (Å²) in [6.45, 7) is 0.652. The first kappa shape index (κ1) is 18.0. The number of hydrogen-bond acceptors (Lipinski definition) is 6. The summed E-state index contributed by atoms with van der Waals surface area (Å²) in [5, 5.41) is 0. The van der Waals surface area contributed by atoms with Gasteiger partial charge in [-0.3, -0.25) is 0 Å². The van der Waals surface area contributed by atoms with Gasteiger partial charge in [0.05, 0.1) is 0 Å². The molecule has 0 bridgehead atoms. The van der Waals surface area contributed by atoms with Crippen molar-refractivity contribution in [3.05, 3.63) is 84.2 Å². The molecule has 0 saturated carbocycles. The van der Waals surface area contributed by atoms with Crippen molar-refractivity contribution in [3.63, 3.8) is 0 Å². The van der Waals surface area contributed by atoms with E-state index < -0.39 is 0 Å². The summed E-state index contributed by atoms with van der Waals surface area (Å²) in [5.74, 6) is 7.95. The van der Waals surface area contributed by atoms with E-state index in [1.165, 1.54) is 0 Å². The number of hydrogen-bond donors (Lipinski definition) is 0. The summed E-state index contributed by atoms with van der Waals surface area (Å²) in [6.07, 6.45) is 1.41. The van der Waals surface area contributed by atoms with Gasteiger partial charge in [-0.1, -0.05) is 36.3 Å². The monoisotopic (exact) mass is 395 g/mol. The van der Waals surface area contributed by atoms with E-state index in [4.69, 9.17) is 14.2 Å². The lowest BCUT2D eigenvalue weighted by molar-refractivity contribution is 0.0521. The summed E-state index contributed by atoms with van der Waals surface area (Å²) < 4.78 is 17.7. The molecular formula is C24H17N3O3. The van der Waals surface area contributed by atoms with Crippen LogP contribution in [-0.2, 0) is 0 Å². The molecule has 2 aromatic carbocycles. The lowest BCUT2D eigenvalue weighted by Gasteiger charge is -2.26. The minimum absolute atomic E-state index is 0.259. The molecule has 5 rings (SSSR count). The largest absolute Gasteiger partial charge is 0.486 e. The predicted octanol–water partition coefficient (Wildman–Crippen LogP) is 3.64. The zero-order valence-corrected chi connectivity index (χ0v) is 16.0. The second-order valence-corrected chi connectivity index (χ2v) is 6.65. The number of rotatable bonds is 3. The quantitative estimate of drug-likeness (QED) is 0.494. The molecule has 146 valence electrons. The first-order valence-corrected chi connectivity index (χ1v) is 9.56. The third-order valence-corrected chi connectivity index (χ3v) is 4.48. The van der Waals surface area contributed by atoms with E-state index in [9.17, 15) is 0 Å². The van der Waals surface area contributed by atoms with Gasteiger partial charge < -0.3 is 14.2 Å². The maximum atomic E-state index is 5.98. The van der Waals surface area contributed by atoms with Crippen LogP contribution in [0.2, 0.25) is 0 Å². The fourth-order valence-corrected chi connectivity index (χ4v) is 3.03. The van der Waals surface area contributed by atoms with Crippen LogP contribution in [0.4, 0.5) is 0 Å². The molecule has 0 amide bonds. The molecule has 1 aliphatic heterocycles. The van der Waals surface area contributed by atoms with Crippen LogP contribution in [0.1, 0.15) is 11.3 Å². The van der Waals surface area contributed by atoms with Gasteiger partial charge in [0.25, 0.3) is 0 Å². The van der Waals surface area contributed by atoms with E-state index in [0.717, 1.165) is 11.3 Å². The molecule has 0 fully saturated rings. The van der Waals surface area contributed by atoms with Crippen LogP contribution in [0.25, 0.3) is 11.2 Å². The minimum atomic E-state index is -0.263. The van der Waals surface area contributed by atoms with Crippen LogP contribution >= 0.6 is 0 Å². The maximum absolute atomic E-state index is 5.98. The Bertz CT molecular complexity index is 1250. The van der Waals surface area contributed by atoms with Crippen molar-refractivity contribution in [2.24, 2.45) is 0 Å². The molecule has 0 aliphatic carbocycles. The molecule has 1 aliphatic rings. The highest BCUT2D eigenvalue weighted by molar-refractivity contribution is 5.71. The van der Waals surface area contributed by atoms with E-state index in [1.807, 2.05) is 66.7 Å². The lowest BCUT2D eigenvalue weighted by atomic mass is 10.2. The summed E-state index contributed by atoms with van der Waals surface area (Å²) in [5.41, 5.74) is 2.48. The summed E-state index contributed by atoms with van der Waals surface area (Å²) in [6, 6.07) is 20.9. The fraction of sp³-hybridized carbons (Fsp3) is 0.125. The molecule has 1 unspecified atom stereocenters. The molecule has 1 atom stereocenters. The van der Waals surface area contributed by atoms with Crippen molar-refractivity contribution in [2.45, 2.75) is 6.10 Å². The van der Waals surface area contributed by atoms with Gasteiger partial charge in [0.15, 0.2) is 28.9 Å². The standard InChI is InChI=1S/C24H17N3O3/c1-2-7-17(8-3-1)12-13-20-24(27-19-9-6-14-25-23(19)26-20)29-16-18-15-28-21-10-4-5-11-22(21)30-18/h1-11,14,18H,15-16H2. The van der Waals surface area contributed by atoms with Gasteiger partial charge in [-0.15, -0.1) is 0 Å². The molecule has 30 heavy (non-hydrogen) atoms. The van der Waals surface area contributed by atoms with Gasteiger partial charge in [-0.05, 0) is 42.3 Å². The van der Waals surface area contributed by atoms with Gasteiger partial charge in [0.2, 0.25) is 5.88 Å². The molecule has 0 N–H and O–H groups in total. The van der Waals surface area contributed by atoms with E-state index in [1.54, 1.807) is 6.20 Å². The fourth-order valence-electron chi connectivity index (χ4n) is 3.03. The highest BCUT2D eigenvalue weighted by Crippen LogP contribution is 2.31. The second kappa shape index (κ2) is 8.10. The minimum Gasteiger partial charge on any atom is -0.486 e. The van der Waals surface area contributed by atoms with Gasteiger partial charge in [0.1, 0.15) is 18.7 Å². The topological polar surface area (TPSA) is 66.4 Å². The Hall–Kier alpha value is -4.11. The molecule has 4 aromatic rings. The maximum Gasteiger partial charge on any atom is 0.249 e. The number of ether oxygens (including phenoxy) is 3. The Morgan fingerprint density at radius 1 is 0.900 bits per heavy atom. The van der Waals surface area contributed by atoms with Crippen molar-refractivity contribution in [2.75, 3.05) is 13.2 Å². The number of pyridine rings is 1. The van der Waals surface area contributed by atoms with Crippen LogP contribution in [0.5, 0.6) is 17.4 Å². The highest BCUT2D eigenvalue weighted by Gasteiger charge is 2.22. The van der Waals surface area contributed by atoms with Crippen LogP contribution < -0.4 is 14.2 Å². The SMILES string of the molecule is C(#Cc1nc2ncccc2nc1OCC1COc2ccccc2O1)c1ccccc1. The van der Waals surface area contributed by atoms with E-state index in [-0.39, 0.29) is 12.7 Å². The molecule has 0 spiro atoms. The number of aromatic nitrogens is 3. The van der Waals surface area contributed by atoms with Gasteiger partial charge in [-0.25, -0.2) is 15.0 Å². The van der Waals surface area contributed by atoms with Crippen molar-refractivity contribution < 1.29 is 14.2 Å². The Kier molecular flexibility index (Phi) is 4.84. The average molecular weight is 395 g/mol. The van der Waals surface area contributed by atoms with Crippen LogP contribution in [-0.4, -0.2) is 34.3 Å². The van der Waals surface area contributed by atoms with Gasteiger partial charge in [0, 0.05) is 11.8 Å². The van der Waals surface area contributed by atoms with Crippen molar-refractivity contribution in [1.29, 1.82) is 0 Å². The summed E-state index contributed by atoms with van der Waals surface area (Å²) in [7, 11) is 0. The van der Waals surface area contributed by atoms with Crippen LogP contribution in [0.3, 0.4) is 0 Å². The zero-order chi connectivity index (χ0) is 20.2. The smallest absolute Gasteiger partial charge is 0.249 e. The number of para-hydroxylation sites is 2. The molecule has 0 radical (unpaired) electrons. The molecule has 0 saturated heterocycles. The Morgan fingerprint density at radius 2 is 1.73 bits per heavy atom. The molecular weight excluding hydrogens is 378 g/mol. The highest BCUT2D eigenvalue weighted by atomic mass is 16.6. The molecule has 2 aromatic heterocycles. The molecule has 6 nitrogen and oxygen atoms in total. The first-order chi connectivity index (χ1) is 14.8. The zero-order valence-electron chi connectivity index (χ0n) is 16.0. The normalized spacial score (nSPS) is 14.6. The van der Waals surface area contributed by atoms with Crippen molar-refractivity contribution in [1.82, 2.24) is 15.0 Å². The van der Waals surface area contributed by atoms with Crippen molar-refractivity contribution >= 4 is 11.2 Å². The third-order valence-electron chi connectivity index (χ3n) is 4.48. The van der Waals surface area contributed by atoms with Gasteiger partial charge >= 0.3 is 0 Å². The average Bonchev–Trinajstić information content (AvgIpc) is 2.81. The van der Waals surface area contributed by atoms with E-state index in [2.05, 4.69) is 26.8 Å². The van der Waals surface area contributed by atoms with Crippen LogP contribution in [0.15, 0.2) is 72.9 Å². The third kappa shape index (κ3) is 3.87. The van der Waals surface area contributed by atoms with E-state index >= 15 is 0 Å². The van der Waals surface area contributed by atoms with Crippen LogP contribution in [0, 0.1) is 11.8 Å². The van der Waals surface area contributed by atoms with E-state index in [0.29, 0.717) is 35.1 Å². The van der Waals surface area contributed by atoms with Crippen molar-refractivity contribution in [3.8, 4) is 29.2 Å². The van der Waals surface area contributed by atoms with Gasteiger partial charge in [-0.2, -0.15) is 0 Å². The molecule has 6 heteroatoms. The second-order valence-electron chi connectivity index (χ2n) is 6.65. The number of nitrogens with zero attached hydrogens (tertiary/aromatic N) is 3. The Balaban J connectivity index is 1.41. The first-order valence-electron chi connectivity index (χ1n) is 9.56. The summed E-state index contributed by atoms with van der Waals surface area (Å²) >= 11 is 0. The molecule has 3 heterocycles. The Labute approximate surface area is 173 Å². The number of fused-ring (bicyclic) bond motifs is 2. The number of benzene rings is 2. The lowest BCUT2D eigenvalue weighted by Crippen LogP contribution is -2.34.